The summed E-state index contributed by atoms with van der Waals surface area (Å²) in [7, 11) is 2.11. The van der Waals surface area contributed by atoms with E-state index >= 15 is 0 Å². The molecule has 3 heterocycles. The van der Waals surface area contributed by atoms with Crippen LogP contribution in [-0.2, 0) is 6.42 Å². The predicted octanol–water partition coefficient (Wildman–Crippen LogP) is 6.98. The first kappa shape index (κ1) is 31.8. The van der Waals surface area contributed by atoms with Crippen molar-refractivity contribution in [2.45, 2.75) is 53.9 Å². The highest BCUT2D eigenvalue weighted by Gasteiger charge is 2.18. The Kier molecular flexibility index (Phi) is 14.9. The summed E-state index contributed by atoms with van der Waals surface area (Å²) in [6.07, 6.45) is 6.43. The Morgan fingerprint density at radius 2 is 1.78 bits per heavy atom. The lowest BCUT2D eigenvalue weighted by Gasteiger charge is -2.29. The Morgan fingerprint density at radius 1 is 1.11 bits per heavy atom. The second kappa shape index (κ2) is 17.3. The van der Waals surface area contributed by atoms with E-state index in [1.54, 1.807) is 18.3 Å². The lowest BCUT2D eigenvalue weighted by Crippen LogP contribution is -2.31. The normalized spacial score (nSPS) is 13.2. The second-order valence-electron chi connectivity index (χ2n) is 8.34. The minimum absolute atomic E-state index is 0.404. The fourth-order valence-electron chi connectivity index (χ4n) is 3.80. The van der Waals surface area contributed by atoms with Crippen molar-refractivity contribution in [3.63, 3.8) is 0 Å². The van der Waals surface area contributed by atoms with Crippen molar-refractivity contribution in [3.05, 3.63) is 84.3 Å². The minimum Gasteiger partial charge on any atom is -0.380 e. The number of hydrogen-bond acceptors (Lipinski definition) is 5. The van der Waals surface area contributed by atoms with E-state index in [9.17, 15) is 8.78 Å². The molecule has 4 rings (SSSR count). The van der Waals surface area contributed by atoms with Crippen molar-refractivity contribution in [2.75, 3.05) is 26.7 Å². The molecule has 1 aliphatic rings. The summed E-state index contributed by atoms with van der Waals surface area (Å²) in [5.74, 6) is -0.361. The molecule has 0 unspecified atom stereocenters. The lowest BCUT2D eigenvalue weighted by atomic mass is 9.90. The minimum atomic E-state index is -0.496. The van der Waals surface area contributed by atoms with Crippen LogP contribution in [0.5, 0.6) is 0 Å². The third kappa shape index (κ3) is 10.4. The van der Waals surface area contributed by atoms with Crippen LogP contribution in [0.2, 0.25) is 0 Å². The van der Waals surface area contributed by atoms with E-state index in [-0.39, 0.29) is 0 Å². The number of likely N-dealkylation sites (tertiary alicyclic amines) is 1. The molecule has 5 nitrogen and oxygen atoms in total. The van der Waals surface area contributed by atoms with Crippen LogP contribution in [0.3, 0.4) is 0 Å². The number of aromatic nitrogens is 3. The third-order valence-corrected chi connectivity index (χ3v) is 5.72. The summed E-state index contributed by atoms with van der Waals surface area (Å²) in [5, 5.41) is 3.12. The van der Waals surface area contributed by atoms with Gasteiger partial charge in [-0.2, -0.15) is 0 Å². The molecule has 7 heteroatoms. The average molecular weight is 512 g/mol. The smallest absolute Gasteiger partial charge is 0.178 e. The number of fused-ring (bicyclic) bond motifs is 1. The van der Waals surface area contributed by atoms with Crippen LogP contribution in [-0.4, -0.2) is 46.5 Å². The maximum absolute atomic E-state index is 13.4. The topological polar surface area (TPSA) is 53.9 Å². The van der Waals surface area contributed by atoms with E-state index in [4.69, 9.17) is 0 Å². The molecule has 0 saturated carbocycles. The number of nitrogens with one attached hydrogen (secondary N) is 1. The van der Waals surface area contributed by atoms with Gasteiger partial charge in [0.2, 0.25) is 0 Å². The van der Waals surface area contributed by atoms with Crippen molar-refractivity contribution in [1.82, 2.24) is 25.2 Å². The first-order valence-electron chi connectivity index (χ1n) is 13.1. The number of piperidine rings is 1. The first-order chi connectivity index (χ1) is 17.9. The van der Waals surface area contributed by atoms with Crippen LogP contribution in [0.1, 0.15) is 57.5 Å². The maximum atomic E-state index is 13.4. The van der Waals surface area contributed by atoms with Crippen molar-refractivity contribution < 1.29 is 8.78 Å². The van der Waals surface area contributed by atoms with E-state index in [0.717, 1.165) is 61.0 Å². The zero-order chi connectivity index (χ0) is 27.8. The number of halogens is 2. The molecule has 0 aliphatic carbocycles. The molecule has 1 saturated heterocycles. The Hall–Kier alpha value is -3.19. The average Bonchev–Trinajstić information content (AvgIpc) is 2.92. The molecule has 3 aromatic rings. The molecule has 1 fully saturated rings. The van der Waals surface area contributed by atoms with Gasteiger partial charge in [-0.15, -0.1) is 6.58 Å². The van der Waals surface area contributed by atoms with Gasteiger partial charge in [0, 0.05) is 18.8 Å². The molecule has 1 aromatic carbocycles. The second-order valence-corrected chi connectivity index (χ2v) is 8.34. The van der Waals surface area contributed by atoms with Crippen LogP contribution >= 0.6 is 0 Å². The number of benzene rings is 1. The number of rotatable bonds is 6. The monoisotopic (exact) mass is 511 g/mol. The van der Waals surface area contributed by atoms with Gasteiger partial charge < -0.3 is 10.2 Å². The Balaban J connectivity index is 0.000000327. The van der Waals surface area contributed by atoms with Crippen molar-refractivity contribution in [3.8, 4) is 0 Å². The fraction of sp³-hybridized carbons (Fsp3) is 0.433. The summed E-state index contributed by atoms with van der Waals surface area (Å²) in [5.41, 5.74) is 4.42. The van der Waals surface area contributed by atoms with Gasteiger partial charge in [0.05, 0.1) is 11.4 Å². The summed E-state index contributed by atoms with van der Waals surface area (Å²) < 4.78 is 26.2. The highest BCUT2D eigenvalue weighted by Crippen LogP contribution is 2.22. The SMILES string of the molecule is C=CCNC(=C)c1nc2cccnc2nc1C.CC.CC.CN1CCC(Cc2ccc(F)cc2F)CC1. The number of aryl methyl sites for hydroxylation is 1. The molecule has 2 aromatic heterocycles. The van der Waals surface area contributed by atoms with E-state index in [1.165, 1.54) is 6.07 Å². The van der Waals surface area contributed by atoms with Gasteiger partial charge in [0.1, 0.15) is 22.8 Å². The van der Waals surface area contributed by atoms with Crippen LogP contribution < -0.4 is 5.32 Å². The fourth-order valence-corrected chi connectivity index (χ4v) is 3.80. The number of pyridine rings is 1. The molecule has 0 amide bonds. The Labute approximate surface area is 221 Å². The molecule has 0 atom stereocenters. The van der Waals surface area contributed by atoms with Crippen LogP contribution in [0, 0.1) is 24.5 Å². The molecule has 1 N–H and O–H groups in total. The van der Waals surface area contributed by atoms with Gasteiger partial charge in [-0.25, -0.2) is 23.7 Å². The van der Waals surface area contributed by atoms with Crippen molar-refractivity contribution in [2.24, 2.45) is 5.92 Å². The summed E-state index contributed by atoms with van der Waals surface area (Å²) >= 11 is 0. The van der Waals surface area contributed by atoms with Crippen LogP contribution in [0.25, 0.3) is 16.9 Å². The predicted molar refractivity (Wildman–Crippen MR) is 152 cm³/mol. The van der Waals surface area contributed by atoms with Gasteiger partial charge in [-0.05, 0) is 76.0 Å². The highest BCUT2D eigenvalue weighted by molar-refractivity contribution is 5.73. The van der Waals surface area contributed by atoms with E-state index < -0.39 is 11.6 Å². The summed E-state index contributed by atoms with van der Waals surface area (Å²) in [6.45, 7) is 20.3. The van der Waals surface area contributed by atoms with Gasteiger partial charge in [0.15, 0.2) is 5.65 Å². The molecular weight excluding hydrogens is 468 g/mol. The summed E-state index contributed by atoms with van der Waals surface area (Å²) in [4.78, 5) is 15.4. The number of nitrogens with zero attached hydrogens (tertiary/aromatic N) is 4. The Morgan fingerprint density at radius 3 is 2.41 bits per heavy atom. The molecule has 37 heavy (non-hydrogen) atoms. The molecule has 0 radical (unpaired) electrons. The molecule has 202 valence electrons. The first-order valence-corrected chi connectivity index (χ1v) is 13.1. The van der Waals surface area contributed by atoms with E-state index in [0.29, 0.717) is 23.7 Å². The zero-order valence-corrected chi connectivity index (χ0v) is 23.3. The molecule has 0 bridgehead atoms. The van der Waals surface area contributed by atoms with Gasteiger partial charge >= 0.3 is 0 Å². The molecule has 1 aliphatic heterocycles. The Bertz CT molecular complexity index is 1110. The quantitative estimate of drug-likeness (QED) is 0.362. The highest BCUT2D eigenvalue weighted by atomic mass is 19.1. The van der Waals surface area contributed by atoms with E-state index in [2.05, 4.69) is 45.4 Å². The largest absolute Gasteiger partial charge is 0.380 e. The molecule has 0 spiro atoms. The zero-order valence-electron chi connectivity index (χ0n) is 23.3. The summed E-state index contributed by atoms with van der Waals surface area (Å²) in [6, 6.07) is 7.62. The lowest BCUT2D eigenvalue weighted by molar-refractivity contribution is 0.218. The van der Waals surface area contributed by atoms with Gasteiger partial charge in [0.25, 0.3) is 0 Å². The number of hydrogen-bond donors (Lipinski definition) is 1. The van der Waals surface area contributed by atoms with Gasteiger partial charge in [-0.1, -0.05) is 46.4 Å². The van der Waals surface area contributed by atoms with Crippen molar-refractivity contribution in [1.29, 1.82) is 0 Å². The van der Waals surface area contributed by atoms with Gasteiger partial charge in [-0.3, -0.25) is 0 Å². The van der Waals surface area contributed by atoms with Crippen LogP contribution in [0.15, 0.2) is 55.8 Å². The van der Waals surface area contributed by atoms with Crippen molar-refractivity contribution >= 4 is 16.9 Å². The van der Waals surface area contributed by atoms with E-state index in [1.807, 2.05) is 46.8 Å². The standard InChI is InChI=1S/C13H17F2N.C13H14N4.2C2H6/c1-16-6-4-10(5-7-16)8-11-2-3-12(14)9-13(11)15;1-4-7-14-9(2)12-10(3)16-13-11(17-12)6-5-8-15-13;2*1-2/h2-3,9-10H,4-8H2,1H3;4-6,8,14H,1-2,7H2,3H3;2*1-2H3. The maximum Gasteiger partial charge on any atom is 0.178 e. The third-order valence-electron chi connectivity index (χ3n) is 5.72. The molecular formula is C30H43F2N5. The van der Waals surface area contributed by atoms with Crippen LogP contribution in [0.4, 0.5) is 8.78 Å².